The van der Waals surface area contributed by atoms with Crippen LogP contribution in [0.3, 0.4) is 0 Å². The average molecular weight is 293 g/mol. The Morgan fingerprint density at radius 2 is 2.19 bits per heavy atom. The van der Waals surface area contributed by atoms with Gasteiger partial charge in [-0.25, -0.2) is 0 Å². The fourth-order valence-electron chi connectivity index (χ4n) is 3.87. The number of ether oxygens (including phenoxy) is 1. The maximum atomic E-state index is 9.37. The van der Waals surface area contributed by atoms with Gasteiger partial charge in [-0.2, -0.15) is 5.26 Å². The van der Waals surface area contributed by atoms with Crippen molar-refractivity contribution in [1.29, 1.82) is 5.26 Å². The Morgan fingerprint density at radius 3 is 2.90 bits per heavy atom. The Hall–Kier alpha value is -0.630. The average Bonchev–Trinajstić information content (AvgIpc) is 2.92. The maximum absolute atomic E-state index is 9.37. The van der Waals surface area contributed by atoms with Gasteiger partial charge in [-0.05, 0) is 65.8 Å². The minimum Gasteiger partial charge on any atom is -0.375 e. The number of rotatable bonds is 7. The van der Waals surface area contributed by atoms with E-state index in [1.807, 2.05) is 6.92 Å². The number of unbranched alkanes of at least 4 members (excludes halogenated alkanes) is 1. The second-order valence-corrected chi connectivity index (χ2v) is 7.14. The first-order valence-electron chi connectivity index (χ1n) is 8.59. The lowest BCUT2D eigenvalue weighted by atomic mass is 9.95. The number of hydrogen-bond donors (Lipinski definition) is 1. The Labute approximate surface area is 129 Å². The highest BCUT2D eigenvalue weighted by Crippen LogP contribution is 2.29. The highest BCUT2D eigenvalue weighted by molar-refractivity contribution is 5.04. The quantitative estimate of drug-likeness (QED) is 0.733. The molecule has 1 N–H and O–H groups in total. The van der Waals surface area contributed by atoms with Crippen LogP contribution in [-0.4, -0.2) is 48.3 Å². The summed E-state index contributed by atoms with van der Waals surface area (Å²) in [5, 5.41) is 12.8. The molecule has 120 valence electrons. The first-order valence-corrected chi connectivity index (χ1v) is 8.59. The van der Waals surface area contributed by atoms with E-state index in [4.69, 9.17) is 4.74 Å². The van der Waals surface area contributed by atoms with Gasteiger partial charge < -0.3 is 4.74 Å². The summed E-state index contributed by atoms with van der Waals surface area (Å²) >= 11 is 0. The molecule has 4 nitrogen and oxygen atoms in total. The molecule has 1 heterocycles. The molecule has 0 amide bonds. The van der Waals surface area contributed by atoms with E-state index in [-0.39, 0.29) is 5.54 Å². The molecule has 1 aliphatic carbocycles. The Morgan fingerprint density at radius 1 is 1.38 bits per heavy atom. The lowest BCUT2D eigenvalue weighted by Crippen LogP contribution is -2.49. The van der Waals surface area contributed by atoms with Crippen molar-refractivity contribution >= 4 is 0 Å². The predicted molar refractivity (Wildman–Crippen MR) is 85.1 cm³/mol. The molecule has 2 fully saturated rings. The zero-order valence-corrected chi connectivity index (χ0v) is 13.9. The molecule has 0 aromatic rings. The van der Waals surface area contributed by atoms with Gasteiger partial charge in [0.15, 0.2) is 0 Å². The number of nitrogens with zero attached hydrogens (tertiary/aromatic N) is 2. The van der Waals surface area contributed by atoms with Gasteiger partial charge in [-0.1, -0.05) is 0 Å². The van der Waals surface area contributed by atoms with Crippen LogP contribution in [0.5, 0.6) is 0 Å². The Balaban J connectivity index is 1.70. The molecule has 3 unspecified atom stereocenters. The molecule has 0 spiro atoms. The zero-order valence-electron chi connectivity index (χ0n) is 13.9. The molecule has 1 saturated heterocycles. The van der Waals surface area contributed by atoms with Gasteiger partial charge in [-0.15, -0.1) is 0 Å². The Kier molecular flexibility index (Phi) is 6.04. The zero-order chi connectivity index (χ0) is 15.3. The van der Waals surface area contributed by atoms with Crippen molar-refractivity contribution in [2.75, 3.05) is 19.7 Å². The highest BCUT2D eigenvalue weighted by atomic mass is 16.5. The molecule has 4 heteroatoms. The van der Waals surface area contributed by atoms with Crippen LogP contribution in [0.1, 0.15) is 59.3 Å². The van der Waals surface area contributed by atoms with Gasteiger partial charge in [0.2, 0.25) is 0 Å². The van der Waals surface area contributed by atoms with Crippen molar-refractivity contribution in [1.82, 2.24) is 10.2 Å². The number of fused-ring (bicyclic) bond motifs is 1. The van der Waals surface area contributed by atoms with Gasteiger partial charge >= 0.3 is 0 Å². The molecule has 1 saturated carbocycles. The SMILES string of the molecule is CC(C)NC(C)(C#N)CCCCN1CCOC2CCCC21. The number of hydrogen-bond acceptors (Lipinski definition) is 4. The number of nitrogens with one attached hydrogen (secondary N) is 1. The van der Waals surface area contributed by atoms with Gasteiger partial charge in [0.05, 0.1) is 18.8 Å². The normalized spacial score (nSPS) is 29.1. The monoisotopic (exact) mass is 293 g/mol. The first kappa shape index (κ1) is 16.7. The topological polar surface area (TPSA) is 48.3 Å². The predicted octanol–water partition coefficient (Wildman–Crippen LogP) is 2.69. The largest absolute Gasteiger partial charge is 0.375 e. The molecule has 0 aromatic carbocycles. The van der Waals surface area contributed by atoms with E-state index in [0.717, 1.165) is 32.5 Å². The van der Waals surface area contributed by atoms with Crippen molar-refractivity contribution in [3.8, 4) is 6.07 Å². The number of nitriles is 1. The van der Waals surface area contributed by atoms with Crippen LogP contribution in [0.15, 0.2) is 0 Å². The fraction of sp³-hybridized carbons (Fsp3) is 0.941. The van der Waals surface area contributed by atoms with Crippen LogP contribution in [0.25, 0.3) is 0 Å². The molecule has 0 radical (unpaired) electrons. The summed E-state index contributed by atoms with van der Waals surface area (Å²) in [5.74, 6) is 0. The van der Waals surface area contributed by atoms with Crippen LogP contribution in [0, 0.1) is 11.3 Å². The summed E-state index contributed by atoms with van der Waals surface area (Å²) in [6.45, 7) is 9.36. The smallest absolute Gasteiger partial charge is 0.104 e. The third kappa shape index (κ3) is 4.67. The second-order valence-electron chi connectivity index (χ2n) is 7.14. The van der Waals surface area contributed by atoms with Gasteiger partial charge in [-0.3, -0.25) is 10.2 Å². The second kappa shape index (κ2) is 7.58. The maximum Gasteiger partial charge on any atom is 0.104 e. The molecular formula is C17H31N3O. The van der Waals surface area contributed by atoms with Crippen molar-refractivity contribution in [2.45, 2.75) is 83.0 Å². The van der Waals surface area contributed by atoms with E-state index < -0.39 is 0 Å². The molecular weight excluding hydrogens is 262 g/mol. The highest BCUT2D eigenvalue weighted by Gasteiger charge is 2.35. The summed E-state index contributed by atoms with van der Waals surface area (Å²) in [7, 11) is 0. The third-order valence-electron chi connectivity index (χ3n) is 4.82. The molecule has 21 heavy (non-hydrogen) atoms. The Bertz CT molecular complexity index is 366. The van der Waals surface area contributed by atoms with Crippen molar-refractivity contribution in [2.24, 2.45) is 0 Å². The van der Waals surface area contributed by atoms with E-state index in [1.54, 1.807) is 0 Å². The standard InChI is InChI=1S/C17H31N3O/c1-14(2)19-17(3,13-18)9-4-5-10-20-11-12-21-16-8-6-7-15(16)20/h14-16,19H,4-12H2,1-3H3. The van der Waals surface area contributed by atoms with Crippen LogP contribution >= 0.6 is 0 Å². The summed E-state index contributed by atoms with van der Waals surface area (Å²) in [5.41, 5.74) is -0.380. The molecule has 2 rings (SSSR count). The van der Waals surface area contributed by atoms with Crippen LogP contribution < -0.4 is 5.32 Å². The van der Waals surface area contributed by atoms with Crippen molar-refractivity contribution in [3.63, 3.8) is 0 Å². The lowest BCUT2D eigenvalue weighted by Gasteiger charge is -2.37. The van der Waals surface area contributed by atoms with Gasteiger partial charge in [0, 0.05) is 18.6 Å². The number of morpholine rings is 1. The van der Waals surface area contributed by atoms with Crippen molar-refractivity contribution in [3.05, 3.63) is 0 Å². The minimum atomic E-state index is -0.380. The summed E-state index contributed by atoms with van der Waals surface area (Å²) in [6, 6.07) is 3.46. The molecule has 2 aliphatic rings. The van der Waals surface area contributed by atoms with Gasteiger partial charge in [0.1, 0.15) is 5.54 Å². The summed E-state index contributed by atoms with van der Waals surface area (Å²) in [4.78, 5) is 2.63. The molecule has 1 aliphatic heterocycles. The first-order chi connectivity index (χ1) is 10.0. The lowest BCUT2D eigenvalue weighted by molar-refractivity contribution is -0.0559. The molecule has 3 atom stereocenters. The van der Waals surface area contributed by atoms with E-state index in [9.17, 15) is 5.26 Å². The third-order valence-corrected chi connectivity index (χ3v) is 4.82. The van der Waals surface area contributed by atoms with E-state index in [2.05, 4.69) is 30.1 Å². The van der Waals surface area contributed by atoms with E-state index >= 15 is 0 Å². The minimum absolute atomic E-state index is 0.355. The fourth-order valence-corrected chi connectivity index (χ4v) is 3.87. The van der Waals surface area contributed by atoms with E-state index in [1.165, 1.54) is 25.7 Å². The molecule has 0 bridgehead atoms. The van der Waals surface area contributed by atoms with Crippen LogP contribution in [-0.2, 0) is 4.74 Å². The van der Waals surface area contributed by atoms with E-state index in [0.29, 0.717) is 18.2 Å². The van der Waals surface area contributed by atoms with Crippen molar-refractivity contribution < 1.29 is 4.74 Å². The molecule has 0 aromatic heterocycles. The van der Waals surface area contributed by atoms with Crippen LogP contribution in [0.2, 0.25) is 0 Å². The van der Waals surface area contributed by atoms with Crippen LogP contribution in [0.4, 0.5) is 0 Å². The van der Waals surface area contributed by atoms with Gasteiger partial charge in [0.25, 0.3) is 0 Å². The summed E-state index contributed by atoms with van der Waals surface area (Å²) in [6.07, 6.45) is 7.57. The summed E-state index contributed by atoms with van der Waals surface area (Å²) < 4.78 is 5.86.